The van der Waals surface area contributed by atoms with Crippen molar-refractivity contribution in [3.8, 4) is 33.6 Å². The van der Waals surface area contributed by atoms with Crippen molar-refractivity contribution in [2.75, 3.05) is 0 Å². The van der Waals surface area contributed by atoms with Gasteiger partial charge in [0.1, 0.15) is 0 Å². The van der Waals surface area contributed by atoms with Crippen LogP contribution in [0.5, 0.6) is 0 Å². The minimum Gasteiger partial charge on any atom is -0.309 e. The maximum atomic E-state index is 8.73. The molecule has 2 aromatic heterocycles. The molecule has 2 nitrogen and oxygen atoms in total. The largest absolute Gasteiger partial charge is 0.309 e. The van der Waals surface area contributed by atoms with Crippen LogP contribution in [-0.4, -0.2) is 9.13 Å². The van der Waals surface area contributed by atoms with Crippen LogP contribution in [0.15, 0.2) is 158 Å². The summed E-state index contributed by atoms with van der Waals surface area (Å²) in [5.74, 6) is 0. The van der Waals surface area contributed by atoms with Gasteiger partial charge >= 0.3 is 0 Å². The Hall–Kier alpha value is -5.86. The van der Waals surface area contributed by atoms with Gasteiger partial charge in [0.05, 0.1) is 22.1 Å². The van der Waals surface area contributed by atoms with Gasteiger partial charge in [-0.1, -0.05) is 129 Å². The highest BCUT2D eigenvalue weighted by atomic mass is 15.0. The monoisotopic (exact) mass is 603 g/mol. The van der Waals surface area contributed by atoms with Crippen LogP contribution in [0.3, 0.4) is 0 Å². The lowest BCUT2D eigenvalue weighted by atomic mass is 9.82. The fraction of sp³-hybridized carbons (Fsp3) is 0.0667. The quantitative estimate of drug-likeness (QED) is 0.190. The second kappa shape index (κ2) is 9.57. The molecule has 1 unspecified atom stereocenters. The van der Waals surface area contributed by atoms with Crippen molar-refractivity contribution in [2.24, 2.45) is 0 Å². The van der Waals surface area contributed by atoms with Crippen LogP contribution in [0.4, 0.5) is 0 Å². The highest BCUT2D eigenvalue weighted by molar-refractivity contribution is 6.26. The van der Waals surface area contributed by atoms with Gasteiger partial charge in [0.15, 0.2) is 0 Å². The van der Waals surface area contributed by atoms with Gasteiger partial charge < -0.3 is 9.13 Å². The zero-order valence-corrected chi connectivity index (χ0v) is 25.9. The normalized spacial score (nSPS) is 16.7. The first kappa shape index (κ1) is 23.5. The molecule has 9 aromatic rings. The van der Waals surface area contributed by atoms with Gasteiger partial charge in [0.2, 0.25) is 0 Å². The van der Waals surface area contributed by atoms with E-state index in [1.165, 1.54) is 27.3 Å². The predicted octanol–water partition coefficient (Wildman–Crippen LogP) is 11.9. The van der Waals surface area contributed by atoms with Crippen LogP contribution in [0, 0.1) is 0 Å². The number of rotatable bonds is 3. The number of aromatic nitrogens is 2. The van der Waals surface area contributed by atoms with E-state index in [0.717, 1.165) is 61.1 Å². The van der Waals surface area contributed by atoms with E-state index in [2.05, 4.69) is 137 Å². The van der Waals surface area contributed by atoms with E-state index >= 15 is 0 Å². The number of hydrogen-bond acceptors (Lipinski definition) is 0. The van der Waals surface area contributed by atoms with Gasteiger partial charge in [0.25, 0.3) is 0 Å². The lowest BCUT2D eigenvalue weighted by molar-refractivity contribution is 0.660. The van der Waals surface area contributed by atoms with E-state index in [9.17, 15) is 0 Å². The van der Waals surface area contributed by atoms with Crippen molar-refractivity contribution in [1.29, 1.82) is 0 Å². The minimum absolute atomic E-state index is 0.843. The van der Waals surface area contributed by atoms with Crippen LogP contribution in [0.2, 0.25) is 0 Å². The molecule has 222 valence electrons. The SMILES string of the molecule is [2H]C([2H])([2H])C1(C)c2ccccc2-c2ccc(-n3c4ccccc4c4c3ccc3c5ccccc5n(-c5ccc(-c6ccccc6)cc5)c34)cc21. The van der Waals surface area contributed by atoms with E-state index in [4.69, 9.17) is 4.11 Å². The third kappa shape index (κ3) is 3.61. The van der Waals surface area contributed by atoms with E-state index in [1.807, 2.05) is 37.3 Å². The van der Waals surface area contributed by atoms with E-state index < -0.39 is 12.3 Å². The molecule has 0 N–H and O–H groups in total. The Morgan fingerprint density at radius 3 is 1.91 bits per heavy atom. The number of hydrogen-bond donors (Lipinski definition) is 0. The minimum atomic E-state index is -2.23. The first-order valence-corrected chi connectivity index (χ1v) is 16.2. The highest BCUT2D eigenvalue weighted by Gasteiger charge is 2.35. The summed E-state index contributed by atoms with van der Waals surface area (Å²) in [4.78, 5) is 0. The van der Waals surface area contributed by atoms with Crippen molar-refractivity contribution < 1.29 is 4.11 Å². The van der Waals surface area contributed by atoms with Gasteiger partial charge in [-0.2, -0.15) is 0 Å². The summed E-state index contributed by atoms with van der Waals surface area (Å²) >= 11 is 0. The molecule has 1 aliphatic rings. The smallest absolute Gasteiger partial charge is 0.0641 e. The maximum Gasteiger partial charge on any atom is 0.0641 e. The van der Waals surface area contributed by atoms with Gasteiger partial charge in [-0.25, -0.2) is 0 Å². The fourth-order valence-electron chi connectivity index (χ4n) is 8.11. The Labute approximate surface area is 278 Å². The number of nitrogens with zero attached hydrogens (tertiary/aromatic N) is 2. The summed E-state index contributed by atoms with van der Waals surface area (Å²) < 4.78 is 30.9. The van der Waals surface area contributed by atoms with Gasteiger partial charge in [-0.15, -0.1) is 0 Å². The Morgan fingerprint density at radius 1 is 0.468 bits per heavy atom. The molecule has 2 heterocycles. The van der Waals surface area contributed by atoms with Crippen LogP contribution >= 0.6 is 0 Å². The zero-order chi connectivity index (χ0) is 33.8. The molecule has 2 heteroatoms. The van der Waals surface area contributed by atoms with Gasteiger partial charge in [-0.05, 0) is 75.8 Å². The molecular formula is C45H32N2. The number of para-hydroxylation sites is 2. The van der Waals surface area contributed by atoms with Crippen LogP contribution in [0.25, 0.3) is 77.2 Å². The predicted molar refractivity (Wildman–Crippen MR) is 198 cm³/mol. The highest BCUT2D eigenvalue weighted by Crippen LogP contribution is 2.50. The average molecular weight is 604 g/mol. The summed E-state index contributed by atoms with van der Waals surface area (Å²) in [7, 11) is 0. The van der Waals surface area contributed by atoms with Crippen molar-refractivity contribution in [1.82, 2.24) is 9.13 Å². The van der Waals surface area contributed by atoms with Crippen molar-refractivity contribution in [3.63, 3.8) is 0 Å². The Kier molecular flexibility index (Phi) is 4.78. The summed E-state index contributed by atoms with van der Waals surface area (Å²) in [6.07, 6.45) is 0. The molecule has 0 amide bonds. The molecule has 0 radical (unpaired) electrons. The summed E-state index contributed by atoms with van der Waals surface area (Å²) in [6, 6.07) is 55.4. The Bertz CT molecular complexity index is 2800. The molecular weight excluding hydrogens is 569 g/mol. The first-order valence-electron chi connectivity index (χ1n) is 17.7. The van der Waals surface area contributed by atoms with Crippen molar-refractivity contribution >= 4 is 43.6 Å². The summed E-state index contributed by atoms with van der Waals surface area (Å²) in [5, 5.41) is 4.73. The molecule has 0 spiro atoms. The lowest BCUT2D eigenvalue weighted by Gasteiger charge is -2.22. The fourth-order valence-corrected chi connectivity index (χ4v) is 8.11. The van der Waals surface area contributed by atoms with E-state index in [0.29, 0.717) is 0 Å². The topological polar surface area (TPSA) is 9.86 Å². The molecule has 0 fully saturated rings. The molecule has 0 bridgehead atoms. The van der Waals surface area contributed by atoms with Crippen LogP contribution < -0.4 is 0 Å². The second-order valence-electron chi connectivity index (χ2n) is 12.9. The van der Waals surface area contributed by atoms with E-state index in [-0.39, 0.29) is 0 Å². The van der Waals surface area contributed by atoms with Crippen LogP contribution in [0.1, 0.15) is 29.0 Å². The standard InChI is InChI=1S/C45H32N2/c1-45(2)38-17-9-6-14-33(38)34-25-24-32(28-39(34)45)46-41-19-11-8-16-37(41)43-42(46)27-26-36-35-15-7-10-18-40(35)47(44(36)43)31-22-20-30(21-23-31)29-12-4-3-5-13-29/h3-28H,1-2H3/i1D3. The lowest BCUT2D eigenvalue weighted by Crippen LogP contribution is -2.15. The summed E-state index contributed by atoms with van der Waals surface area (Å²) in [5.41, 5.74) is 11.5. The Morgan fingerprint density at radius 2 is 1.11 bits per heavy atom. The third-order valence-corrected chi connectivity index (χ3v) is 10.3. The maximum absolute atomic E-state index is 8.73. The number of fused-ring (bicyclic) bond motifs is 10. The molecule has 10 rings (SSSR count). The molecule has 0 aliphatic heterocycles. The average Bonchev–Trinajstić information content (AvgIpc) is 3.76. The first-order chi connectivity index (χ1) is 24.3. The molecule has 0 saturated carbocycles. The van der Waals surface area contributed by atoms with Gasteiger partial charge in [0, 0.05) is 42.4 Å². The second-order valence-corrected chi connectivity index (χ2v) is 12.9. The molecule has 7 aromatic carbocycles. The van der Waals surface area contributed by atoms with Gasteiger partial charge in [-0.3, -0.25) is 0 Å². The molecule has 1 atom stereocenters. The van der Waals surface area contributed by atoms with Crippen molar-refractivity contribution in [3.05, 3.63) is 169 Å². The zero-order valence-electron chi connectivity index (χ0n) is 28.9. The molecule has 47 heavy (non-hydrogen) atoms. The van der Waals surface area contributed by atoms with Crippen LogP contribution in [-0.2, 0) is 5.41 Å². The molecule has 0 saturated heterocycles. The van der Waals surface area contributed by atoms with E-state index in [1.54, 1.807) is 0 Å². The number of benzene rings is 7. The molecule has 1 aliphatic carbocycles. The Balaban J connectivity index is 1.27. The van der Waals surface area contributed by atoms with Crippen molar-refractivity contribution in [2.45, 2.75) is 19.2 Å². The summed E-state index contributed by atoms with van der Waals surface area (Å²) in [6.45, 7) is -0.345. The third-order valence-electron chi connectivity index (χ3n) is 10.3.